The predicted molar refractivity (Wildman–Crippen MR) is 197 cm³/mol. The molecule has 0 spiro atoms. The molecule has 3 heteroatoms. The van der Waals surface area contributed by atoms with Gasteiger partial charge in [0.1, 0.15) is 12.8 Å². The first kappa shape index (κ1) is 33.1. The van der Waals surface area contributed by atoms with Crippen molar-refractivity contribution in [1.82, 2.24) is 5.32 Å². The Morgan fingerprint density at radius 2 is 1.50 bits per heavy atom. The molecule has 0 fully saturated rings. The van der Waals surface area contributed by atoms with Crippen molar-refractivity contribution >= 4 is 38.7 Å². The number of allylic oxidation sites excluding steroid dienone is 6. The number of ketones is 1. The molecule has 0 unspecified atom stereocenters. The zero-order valence-corrected chi connectivity index (χ0v) is 28.9. The van der Waals surface area contributed by atoms with Crippen LogP contribution >= 0.6 is 0 Å². The average Bonchev–Trinajstić information content (AvgIpc) is 3.24. The van der Waals surface area contributed by atoms with E-state index in [0.717, 1.165) is 25.8 Å². The highest BCUT2D eigenvalue weighted by Gasteiger charge is 2.44. The van der Waals surface area contributed by atoms with E-state index in [1.54, 1.807) is 0 Å². The number of hydrogen-bond donors (Lipinski definition) is 1. The lowest BCUT2D eigenvalue weighted by molar-refractivity contribution is -0.401. The lowest BCUT2D eigenvalue weighted by Crippen LogP contribution is -2.31. The van der Waals surface area contributed by atoms with Crippen molar-refractivity contribution < 1.29 is 9.37 Å². The smallest absolute Gasteiger partial charge is 0.210 e. The quantitative estimate of drug-likeness (QED) is 0.0927. The van der Waals surface area contributed by atoms with Crippen LogP contribution in [0, 0.1) is 5.92 Å². The summed E-state index contributed by atoms with van der Waals surface area (Å²) in [4.78, 5) is 12.1. The highest BCUT2D eigenvalue weighted by Crippen LogP contribution is 2.43. The maximum Gasteiger partial charge on any atom is 0.210 e. The van der Waals surface area contributed by atoms with Gasteiger partial charge < -0.3 is 5.32 Å². The summed E-state index contributed by atoms with van der Waals surface area (Å²) >= 11 is 0. The van der Waals surface area contributed by atoms with Crippen molar-refractivity contribution in [2.24, 2.45) is 5.92 Å². The summed E-state index contributed by atoms with van der Waals surface area (Å²) in [6.45, 7) is 14.1. The third kappa shape index (κ3) is 6.79. The van der Waals surface area contributed by atoms with E-state index in [-0.39, 0.29) is 16.7 Å². The topological polar surface area (TPSA) is 32.1 Å². The van der Waals surface area contributed by atoms with Gasteiger partial charge in [-0.15, -0.1) is 0 Å². The first-order valence-corrected chi connectivity index (χ1v) is 17.0. The van der Waals surface area contributed by atoms with Gasteiger partial charge in [-0.2, -0.15) is 4.58 Å². The summed E-state index contributed by atoms with van der Waals surface area (Å²) < 4.78 is 2.34. The molecular formula is C43H51N2O+. The van der Waals surface area contributed by atoms with Crippen LogP contribution in [0.5, 0.6) is 0 Å². The molecule has 238 valence electrons. The Balaban J connectivity index is 1.37. The Morgan fingerprint density at radius 3 is 2.24 bits per heavy atom. The van der Waals surface area contributed by atoms with E-state index in [1.807, 2.05) is 13.8 Å². The summed E-state index contributed by atoms with van der Waals surface area (Å²) in [6, 6.07) is 28.5. The highest BCUT2D eigenvalue weighted by molar-refractivity contribution is 6.07. The van der Waals surface area contributed by atoms with Crippen LogP contribution in [0.3, 0.4) is 0 Å². The SMILES string of the molecule is CC(C)C(=O)CCCCCN/C(=C/C=C/C=C/C1=[N+](C)c2ccc3ccccc3c2C1(C)C)C(C)(C)c1cccc2ccccc12. The van der Waals surface area contributed by atoms with Gasteiger partial charge in [0, 0.05) is 47.7 Å². The van der Waals surface area contributed by atoms with Crippen LogP contribution in [0.1, 0.15) is 78.4 Å². The molecule has 3 nitrogen and oxygen atoms in total. The summed E-state index contributed by atoms with van der Waals surface area (Å²) in [6.07, 6.45) is 14.7. The van der Waals surface area contributed by atoms with Crippen molar-refractivity contribution in [2.75, 3.05) is 13.6 Å². The van der Waals surface area contributed by atoms with Gasteiger partial charge >= 0.3 is 0 Å². The second-order valence-electron chi connectivity index (χ2n) is 14.1. The Kier molecular flexibility index (Phi) is 10.1. The van der Waals surface area contributed by atoms with Crippen LogP contribution in [0.25, 0.3) is 21.5 Å². The van der Waals surface area contributed by atoms with Crippen LogP contribution in [-0.4, -0.2) is 29.7 Å². The van der Waals surface area contributed by atoms with Crippen LogP contribution in [0.4, 0.5) is 5.69 Å². The van der Waals surface area contributed by atoms with Crippen molar-refractivity contribution in [1.29, 1.82) is 0 Å². The lowest BCUT2D eigenvalue weighted by Gasteiger charge is -2.31. The average molecular weight is 612 g/mol. The molecule has 4 aromatic rings. The number of unbranched alkanes of at least 4 members (excludes halogenated alkanes) is 2. The predicted octanol–water partition coefficient (Wildman–Crippen LogP) is 10.3. The molecule has 0 radical (unpaired) electrons. The van der Waals surface area contributed by atoms with E-state index in [2.05, 4.69) is 154 Å². The van der Waals surface area contributed by atoms with Crippen LogP contribution in [0.2, 0.25) is 0 Å². The second kappa shape index (κ2) is 14.0. The third-order valence-electron chi connectivity index (χ3n) is 9.83. The van der Waals surface area contributed by atoms with Gasteiger partial charge in [-0.3, -0.25) is 4.79 Å². The molecule has 1 aliphatic heterocycles. The molecule has 4 aromatic carbocycles. The maximum absolute atomic E-state index is 12.1. The molecule has 1 N–H and O–H groups in total. The van der Waals surface area contributed by atoms with Gasteiger partial charge in [0.15, 0.2) is 5.71 Å². The van der Waals surface area contributed by atoms with Crippen molar-refractivity contribution in [3.63, 3.8) is 0 Å². The molecule has 1 aliphatic rings. The first-order chi connectivity index (χ1) is 22.0. The molecule has 0 aliphatic carbocycles. The summed E-state index contributed by atoms with van der Waals surface area (Å²) in [7, 11) is 2.18. The fourth-order valence-electron chi connectivity index (χ4n) is 7.07. The normalized spacial score (nSPS) is 15.2. The molecule has 0 aromatic heterocycles. The number of carbonyl (C=O) groups excluding carboxylic acids is 1. The highest BCUT2D eigenvalue weighted by atomic mass is 16.1. The second-order valence-corrected chi connectivity index (χ2v) is 14.1. The lowest BCUT2D eigenvalue weighted by atomic mass is 9.78. The maximum atomic E-state index is 12.1. The number of benzene rings is 4. The Morgan fingerprint density at radius 1 is 0.826 bits per heavy atom. The minimum atomic E-state index is -0.229. The van der Waals surface area contributed by atoms with Gasteiger partial charge in [-0.25, -0.2) is 0 Å². The molecule has 0 atom stereocenters. The van der Waals surface area contributed by atoms with Gasteiger partial charge in [-0.1, -0.05) is 119 Å². The van der Waals surface area contributed by atoms with E-state index in [9.17, 15) is 4.79 Å². The molecule has 0 saturated carbocycles. The standard InChI is InChI=1S/C43H50N2O/c1-31(2)38(46)25-10-9-17-30-44-39(42(3,4)36-24-18-21-32-19-13-15-22-34(32)36)26-11-8-12-27-40-43(5,6)41-35-23-16-14-20-33(35)28-29-37(41)45(40)7/h8,11-16,18-24,26-29,31H,9-10,17,25,30H2,1-7H3/p+1. The first-order valence-electron chi connectivity index (χ1n) is 17.0. The van der Waals surface area contributed by atoms with E-state index in [4.69, 9.17) is 0 Å². The Bertz CT molecular complexity index is 1840. The van der Waals surface area contributed by atoms with Gasteiger partial charge in [0.25, 0.3) is 0 Å². The van der Waals surface area contributed by atoms with E-state index in [1.165, 1.54) is 49.8 Å². The van der Waals surface area contributed by atoms with Gasteiger partial charge in [-0.05, 0) is 65.9 Å². The largest absolute Gasteiger partial charge is 0.388 e. The third-order valence-corrected chi connectivity index (χ3v) is 9.83. The van der Waals surface area contributed by atoms with Crippen LogP contribution in [0.15, 0.2) is 115 Å². The number of nitrogens with zero attached hydrogens (tertiary/aromatic N) is 1. The zero-order chi connectivity index (χ0) is 32.9. The van der Waals surface area contributed by atoms with E-state index >= 15 is 0 Å². The number of fused-ring (bicyclic) bond motifs is 4. The monoisotopic (exact) mass is 611 g/mol. The molecule has 0 amide bonds. The zero-order valence-electron chi connectivity index (χ0n) is 28.9. The van der Waals surface area contributed by atoms with E-state index in [0.29, 0.717) is 12.2 Å². The van der Waals surface area contributed by atoms with Crippen molar-refractivity contribution in [2.45, 2.75) is 78.1 Å². The molecule has 46 heavy (non-hydrogen) atoms. The number of hydrogen-bond acceptors (Lipinski definition) is 2. The molecule has 0 bridgehead atoms. The minimum Gasteiger partial charge on any atom is -0.388 e. The minimum absolute atomic E-state index is 0.103. The van der Waals surface area contributed by atoms with Crippen LogP contribution in [-0.2, 0) is 15.6 Å². The molecular weight excluding hydrogens is 560 g/mol. The summed E-state index contributed by atoms with van der Waals surface area (Å²) in [5.41, 5.74) is 6.14. The van der Waals surface area contributed by atoms with Gasteiger partial charge in [0.2, 0.25) is 5.69 Å². The number of nitrogens with one attached hydrogen (secondary N) is 1. The van der Waals surface area contributed by atoms with Crippen LogP contribution < -0.4 is 5.32 Å². The number of rotatable bonds is 13. The Hall–Kier alpha value is -4.24. The van der Waals surface area contributed by atoms with Gasteiger partial charge in [0.05, 0.1) is 5.41 Å². The number of carbonyl (C=O) groups is 1. The Labute approximate surface area is 276 Å². The molecule has 5 rings (SSSR count). The fraction of sp³-hybridized carbons (Fsp3) is 0.349. The number of Topliss-reactive ketones (excluding diaryl/α,β-unsaturated/α-hetero) is 1. The van der Waals surface area contributed by atoms with E-state index < -0.39 is 0 Å². The van der Waals surface area contributed by atoms with Crippen molar-refractivity contribution in [3.8, 4) is 0 Å². The summed E-state index contributed by atoms with van der Waals surface area (Å²) in [5, 5.41) is 8.97. The van der Waals surface area contributed by atoms with Crippen molar-refractivity contribution in [3.05, 3.63) is 126 Å². The fourth-order valence-corrected chi connectivity index (χ4v) is 7.07. The molecule has 1 heterocycles. The summed E-state index contributed by atoms with van der Waals surface area (Å²) in [5.74, 6) is 0.495. The molecule has 0 saturated heterocycles.